The van der Waals surface area contributed by atoms with Gasteiger partial charge < -0.3 is 10.8 Å². The molecule has 0 aromatic heterocycles. The summed E-state index contributed by atoms with van der Waals surface area (Å²) in [4.78, 5) is 11.4. The number of thioether (sulfide) groups is 1. The molecule has 0 saturated heterocycles. The molecule has 5 rings (SSSR count). The molecule has 1 spiro atoms. The lowest BCUT2D eigenvalue weighted by molar-refractivity contribution is -0.137. The van der Waals surface area contributed by atoms with Crippen molar-refractivity contribution in [1.82, 2.24) is 0 Å². The van der Waals surface area contributed by atoms with E-state index in [2.05, 4.69) is 85.0 Å². The molecule has 31 heavy (non-hydrogen) atoms. The second-order valence-electron chi connectivity index (χ2n) is 8.08. The van der Waals surface area contributed by atoms with E-state index in [1.165, 1.54) is 21.6 Å². The Labute approximate surface area is 185 Å². The summed E-state index contributed by atoms with van der Waals surface area (Å²) in [5, 5.41) is 11.8. The van der Waals surface area contributed by atoms with Gasteiger partial charge in [-0.2, -0.15) is 0 Å². The van der Waals surface area contributed by atoms with Gasteiger partial charge in [-0.25, -0.2) is 0 Å². The molecule has 0 aliphatic heterocycles. The van der Waals surface area contributed by atoms with Crippen molar-refractivity contribution in [2.75, 3.05) is 5.75 Å². The van der Waals surface area contributed by atoms with E-state index in [1.54, 1.807) is 11.8 Å². The van der Waals surface area contributed by atoms with Gasteiger partial charge in [-0.15, -0.1) is 11.8 Å². The number of benzene rings is 2. The predicted octanol–water partition coefficient (Wildman–Crippen LogP) is 3.28. The van der Waals surface area contributed by atoms with Crippen molar-refractivity contribution in [2.45, 2.75) is 10.8 Å². The minimum atomic E-state index is -0.978. The fourth-order valence-corrected chi connectivity index (χ4v) is 5.87. The molecule has 0 amide bonds. The molecule has 3 unspecified atom stereocenters. The van der Waals surface area contributed by atoms with Crippen LogP contribution in [0.3, 0.4) is 0 Å². The number of rotatable bonds is 5. The average Bonchev–Trinajstić information content (AvgIpc) is 2.81. The lowest BCUT2D eigenvalue weighted by atomic mass is 9.64. The Kier molecular flexibility index (Phi) is 4.84. The van der Waals surface area contributed by atoms with E-state index in [0.29, 0.717) is 5.75 Å². The number of hydrogen-bond acceptors (Lipinski definition) is 3. The summed E-state index contributed by atoms with van der Waals surface area (Å²) < 4.78 is -0.488. The van der Waals surface area contributed by atoms with E-state index < -0.39 is 16.8 Å². The monoisotopic (exact) mass is 425 g/mol. The number of hydrogen-bond donors (Lipinski definition) is 2. The number of carbonyl (C=O) groups is 1. The van der Waals surface area contributed by atoms with Crippen LogP contribution in [0.25, 0.3) is 11.6 Å². The first-order valence-corrected chi connectivity index (χ1v) is 11.3. The van der Waals surface area contributed by atoms with Crippen molar-refractivity contribution < 1.29 is 9.90 Å². The molecule has 3 atom stereocenters. The second kappa shape index (κ2) is 7.56. The summed E-state index contributed by atoms with van der Waals surface area (Å²) >= 11 is 1.57. The number of nitrogens with two attached hydrogens (primary N) is 1. The highest BCUT2D eigenvalue weighted by atomic mass is 32.2. The first-order chi connectivity index (χ1) is 15.0. The fourth-order valence-electron chi connectivity index (χ4n) is 4.59. The highest BCUT2D eigenvalue weighted by molar-refractivity contribution is 8.00. The topological polar surface area (TPSA) is 63.3 Å². The molecule has 0 fully saturated rings. The Morgan fingerprint density at radius 2 is 1.77 bits per heavy atom. The molecule has 0 radical (unpaired) electrons. The van der Waals surface area contributed by atoms with Gasteiger partial charge in [0.05, 0.1) is 10.2 Å². The van der Waals surface area contributed by atoms with Gasteiger partial charge in [0.2, 0.25) is 0 Å². The van der Waals surface area contributed by atoms with E-state index in [0.717, 1.165) is 5.56 Å². The quantitative estimate of drug-likeness (QED) is 0.722. The number of aliphatic carboxylic acids is 1. The SMILES string of the molecule is NC(CSC1(c2ccccc2)C=CC23C=CC=CC2=c2ccccc2=CC3=C1)C(=O)O. The molecule has 0 bridgehead atoms. The first kappa shape index (κ1) is 19.9. The third kappa shape index (κ3) is 3.23. The molecule has 2 aromatic rings. The molecular formula is C27H23NO2S. The van der Waals surface area contributed by atoms with E-state index >= 15 is 0 Å². The van der Waals surface area contributed by atoms with Crippen LogP contribution in [0.15, 0.2) is 103 Å². The van der Waals surface area contributed by atoms with Crippen molar-refractivity contribution in [3.63, 3.8) is 0 Å². The van der Waals surface area contributed by atoms with Crippen LogP contribution in [0, 0.1) is 5.41 Å². The van der Waals surface area contributed by atoms with E-state index in [9.17, 15) is 9.90 Å². The Morgan fingerprint density at radius 3 is 2.58 bits per heavy atom. The molecule has 4 heteroatoms. The van der Waals surface area contributed by atoms with Crippen LogP contribution in [0.1, 0.15) is 5.56 Å². The molecule has 154 valence electrons. The molecule has 0 heterocycles. The van der Waals surface area contributed by atoms with Crippen molar-refractivity contribution in [2.24, 2.45) is 11.1 Å². The zero-order valence-corrected chi connectivity index (χ0v) is 17.8. The van der Waals surface area contributed by atoms with Crippen LogP contribution < -0.4 is 16.2 Å². The van der Waals surface area contributed by atoms with Crippen LogP contribution in [0.4, 0.5) is 0 Å². The maximum Gasteiger partial charge on any atom is 0.321 e. The van der Waals surface area contributed by atoms with Crippen molar-refractivity contribution >= 4 is 29.4 Å². The third-order valence-corrected chi connectivity index (χ3v) is 7.72. The highest BCUT2D eigenvalue weighted by Gasteiger charge is 2.42. The number of carboxylic acids is 1. The Balaban J connectivity index is 1.70. The minimum absolute atomic E-state index is 0.309. The normalized spacial score (nSPS) is 26.2. The van der Waals surface area contributed by atoms with Crippen LogP contribution >= 0.6 is 11.8 Å². The number of allylic oxidation sites excluding steroid dienone is 6. The van der Waals surface area contributed by atoms with Crippen LogP contribution in [-0.4, -0.2) is 22.9 Å². The average molecular weight is 426 g/mol. The number of fused-ring (bicyclic) bond motifs is 1. The van der Waals surface area contributed by atoms with Gasteiger partial charge in [-0.05, 0) is 33.2 Å². The standard InChI is InChI=1S/C27H23NO2S/c28-24(25(29)30)18-31-27(20-9-2-1-3-10-20)15-14-26-13-7-6-12-23(26)22-11-5-4-8-19(22)16-21(26)17-27/h1-17,24H,18,28H2,(H,29,30). The smallest absolute Gasteiger partial charge is 0.321 e. The molecule has 3 aliphatic carbocycles. The van der Waals surface area contributed by atoms with Gasteiger partial charge in [0.1, 0.15) is 6.04 Å². The van der Waals surface area contributed by atoms with E-state index in [-0.39, 0.29) is 5.41 Å². The summed E-state index contributed by atoms with van der Waals surface area (Å²) in [7, 11) is 0. The lowest BCUT2D eigenvalue weighted by Gasteiger charge is -2.42. The van der Waals surface area contributed by atoms with Gasteiger partial charge in [0, 0.05) is 5.75 Å². The molecular weight excluding hydrogens is 402 g/mol. The summed E-state index contributed by atoms with van der Waals surface area (Å²) in [5.41, 5.74) is 9.14. The first-order valence-electron chi connectivity index (χ1n) is 10.3. The predicted molar refractivity (Wildman–Crippen MR) is 128 cm³/mol. The van der Waals surface area contributed by atoms with Crippen molar-refractivity contribution in [3.8, 4) is 0 Å². The molecule has 2 aromatic carbocycles. The van der Waals surface area contributed by atoms with Gasteiger partial charge in [0.15, 0.2) is 0 Å². The van der Waals surface area contributed by atoms with Gasteiger partial charge in [0.25, 0.3) is 0 Å². The van der Waals surface area contributed by atoms with E-state index in [1.807, 2.05) is 18.2 Å². The zero-order valence-electron chi connectivity index (χ0n) is 16.9. The second-order valence-corrected chi connectivity index (χ2v) is 9.38. The Morgan fingerprint density at radius 1 is 1.00 bits per heavy atom. The maximum absolute atomic E-state index is 11.4. The zero-order chi connectivity index (χ0) is 21.5. The lowest BCUT2D eigenvalue weighted by Crippen LogP contribution is -2.41. The van der Waals surface area contributed by atoms with Crippen LogP contribution in [0.5, 0.6) is 0 Å². The van der Waals surface area contributed by atoms with Gasteiger partial charge >= 0.3 is 5.97 Å². The van der Waals surface area contributed by atoms with Crippen LogP contribution in [-0.2, 0) is 9.54 Å². The Hall–Kier alpha value is -3.08. The highest BCUT2D eigenvalue weighted by Crippen LogP contribution is 2.53. The minimum Gasteiger partial charge on any atom is -0.480 e. The van der Waals surface area contributed by atoms with E-state index in [4.69, 9.17) is 5.73 Å². The third-order valence-electron chi connectivity index (χ3n) is 6.23. The summed E-state index contributed by atoms with van der Waals surface area (Å²) in [6.45, 7) is 0. The van der Waals surface area contributed by atoms with Crippen molar-refractivity contribution in [3.05, 3.63) is 119 Å². The molecule has 3 aliphatic rings. The van der Waals surface area contributed by atoms with Crippen molar-refractivity contribution in [1.29, 1.82) is 0 Å². The summed E-state index contributed by atoms with van der Waals surface area (Å²) in [5.74, 6) is -0.664. The Bertz CT molecular complexity index is 1290. The van der Waals surface area contributed by atoms with Gasteiger partial charge in [-0.3, -0.25) is 4.79 Å². The molecule has 0 saturated carbocycles. The molecule has 3 nitrogen and oxygen atoms in total. The largest absolute Gasteiger partial charge is 0.480 e. The summed E-state index contributed by atoms with van der Waals surface area (Å²) in [6, 6.07) is 17.8. The number of carboxylic acid groups (broad SMARTS) is 1. The fraction of sp³-hybridized carbons (Fsp3) is 0.148. The summed E-state index contributed by atoms with van der Waals surface area (Å²) in [6.07, 6.45) is 17.7. The van der Waals surface area contributed by atoms with Gasteiger partial charge in [-0.1, -0.05) is 97.1 Å². The van der Waals surface area contributed by atoms with Crippen LogP contribution in [0.2, 0.25) is 0 Å². The maximum atomic E-state index is 11.4. The molecule has 3 N–H and O–H groups in total.